The van der Waals surface area contributed by atoms with Crippen LogP contribution in [0.2, 0.25) is 0 Å². The van der Waals surface area contributed by atoms with Crippen molar-refractivity contribution in [3.8, 4) is 5.75 Å². The standard InChI is InChI=1S/C21H32O.C3H8.C2H4O.CH5NO/c1-6-8-9-19-13-12-18(7-2)21-20(19)16(4)11-10-15(3)14-17(5)22-21;1-3-2;1-2-3;2-1-3/h10-13,15-17H,6-9,14H2,1-5H3;3H2,1-2H3;2H,1H3;3H,1-2H2/b11-10-;;;. The fourth-order valence-electron chi connectivity index (χ4n) is 3.49. The zero-order valence-corrected chi connectivity index (χ0v) is 21.4. The van der Waals surface area contributed by atoms with E-state index in [9.17, 15) is 0 Å². The normalized spacial score (nSPS) is 20.3. The second-order valence-corrected chi connectivity index (χ2v) is 8.02. The number of aliphatic hydroxyl groups is 1. The molecule has 0 saturated heterocycles. The Morgan fingerprint density at radius 3 is 2.10 bits per heavy atom. The lowest BCUT2D eigenvalue weighted by Gasteiger charge is -2.24. The van der Waals surface area contributed by atoms with E-state index in [0.717, 1.165) is 25.5 Å². The van der Waals surface area contributed by atoms with Crippen molar-refractivity contribution in [1.29, 1.82) is 0 Å². The number of hydrogen-bond donors (Lipinski definition) is 2. The number of aldehydes is 1. The summed E-state index contributed by atoms with van der Waals surface area (Å²) < 4.78 is 6.46. The van der Waals surface area contributed by atoms with Crippen molar-refractivity contribution < 1.29 is 14.6 Å². The van der Waals surface area contributed by atoms with Gasteiger partial charge in [-0.05, 0) is 56.6 Å². The zero-order valence-electron chi connectivity index (χ0n) is 21.4. The van der Waals surface area contributed by atoms with Crippen LogP contribution in [0.3, 0.4) is 0 Å². The van der Waals surface area contributed by atoms with Gasteiger partial charge in [-0.1, -0.05) is 78.7 Å². The third-order valence-corrected chi connectivity index (χ3v) is 4.75. The molecule has 1 aliphatic rings. The number of hydrogen-bond acceptors (Lipinski definition) is 4. The topological polar surface area (TPSA) is 72.5 Å². The number of ether oxygens (including phenoxy) is 1. The molecule has 3 unspecified atom stereocenters. The van der Waals surface area contributed by atoms with E-state index in [2.05, 4.69) is 78.5 Å². The maximum atomic E-state index is 8.81. The summed E-state index contributed by atoms with van der Waals surface area (Å²) in [5, 5.41) is 7.35. The van der Waals surface area contributed by atoms with Crippen LogP contribution in [0.15, 0.2) is 24.3 Å². The molecule has 3 atom stereocenters. The van der Waals surface area contributed by atoms with E-state index in [0.29, 0.717) is 11.8 Å². The van der Waals surface area contributed by atoms with Crippen LogP contribution < -0.4 is 10.5 Å². The first-order chi connectivity index (χ1) is 14.8. The van der Waals surface area contributed by atoms with E-state index >= 15 is 0 Å². The SMILES string of the molecule is CC=O.CCC.CCCCc1ccc(CC)c2c1C(C)/C=C\C(C)CC(C)O2.NCO. The van der Waals surface area contributed by atoms with Crippen molar-refractivity contribution in [2.75, 3.05) is 6.73 Å². The first-order valence-electron chi connectivity index (χ1n) is 12.0. The lowest BCUT2D eigenvalue weighted by Crippen LogP contribution is -2.17. The quantitative estimate of drug-likeness (QED) is 0.318. The van der Waals surface area contributed by atoms with Crippen molar-refractivity contribution >= 4 is 6.29 Å². The summed E-state index contributed by atoms with van der Waals surface area (Å²) >= 11 is 0. The predicted molar refractivity (Wildman–Crippen MR) is 135 cm³/mol. The first-order valence-corrected chi connectivity index (χ1v) is 12.0. The van der Waals surface area contributed by atoms with Gasteiger partial charge in [0.2, 0.25) is 0 Å². The fourth-order valence-corrected chi connectivity index (χ4v) is 3.49. The number of benzene rings is 1. The number of nitrogens with two attached hydrogens (primary N) is 1. The number of fused-ring (bicyclic) bond motifs is 1. The van der Waals surface area contributed by atoms with Gasteiger partial charge in [0.15, 0.2) is 0 Å². The number of aliphatic hydroxyl groups excluding tert-OH is 1. The largest absolute Gasteiger partial charge is 0.490 e. The molecule has 0 saturated carbocycles. The van der Waals surface area contributed by atoms with Gasteiger partial charge in [0.1, 0.15) is 12.0 Å². The van der Waals surface area contributed by atoms with E-state index < -0.39 is 0 Å². The highest BCUT2D eigenvalue weighted by Gasteiger charge is 2.21. The van der Waals surface area contributed by atoms with Crippen molar-refractivity contribution in [3.63, 3.8) is 0 Å². The maximum Gasteiger partial charge on any atom is 0.126 e. The summed E-state index contributed by atoms with van der Waals surface area (Å²) in [5.74, 6) is 2.19. The minimum atomic E-state index is -0.250. The molecular weight excluding hydrogens is 386 g/mol. The third-order valence-electron chi connectivity index (χ3n) is 4.75. The lowest BCUT2D eigenvalue weighted by molar-refractivity contribution is -0.106. The fraction of sp³-hybridized carbons (Fsp3) is 0.667. The van der Waals surface area contributed by atoms with Crippen LogP contribution in [0.5, 0.6) is 5.75 Å². The summed E-state index contributed by atoms with van der Waals surface area (Å²) in [6, 6.07) is 4.63. The smallest absolute Gasteiger partial charge is 0.126 e. The summed E-state index contributed by atoms with van der Waals surface area (Å²) in [5.41, 5.74) is 8.68. The van der Waals surface area contributed by atoms with Crippen molar-refractivity contribution in [3.05, 3.63) is 41.0 Å². The Balaban J connectivity index is 0. The van der Waals surface area contributed by atoms with Gasteiger partial charge in [-0.15, -0.1) is 0 Å². The van der Waals surface area contributed by atoms with Crippen LogP contribution >= 0.6 is 0 Å². The highest BCUT2D eigenvalue weighted by molar-refractivity contribution is 5.50. The van der Waals surface area contributed by atoms with E-state index in [1.165, 1.54) is 48.6 Å². The predicted octanol–water partition coefficient (Wildman–Crippen LogP) is 6.57. The summed E-state index contributed by atoms with van der Waals surface area (Å²) in [6.45, 7) is 16.8. The Hall–Kier alpha value is -1.65. The highest BCUT2D eigenvalue weighted by Crippen LogP contribution is 2.38. The molecule has 1 aromatic carbocycles. The number of allylic oxidation sites excluding steroid dienone is 2. The number of unbranched alkanes of at least 4 members (excludes halogenated alkanes) is 1. The monoisotopic (exact) mass is 435 g/mol. The highest BCUT2D eigenvalue weighted by atomic mass is 16.5. The van der Waals surface area contributed by atoms with Gasteiger partial charge in [0.25, 0.3) is 0 Å². The van der Waals surface area contributed by atoms with Gasteiger partial charge in [0, 0.05) is 11.5 Å². The van der Waals surface area contributed by atoms with E-state index in [1.807, 2.05) is 0 Å². The van der Waals surface area contributed by atoms with Gasteiger partial charge >= 0.3 is 0 Å². The van der Waals surface area contributed by atoms with Crippen molar-refractivity contribution in [2.45, 2.75) is 106 Å². The van der Waals surface area contributed by atoms with Crippen LogP contribution in [0.25, 0.3) is 0 Å². The Kier molecular flexibility index (Phi) is 20.6. The Morgan fingerprint density at radius 2 is 1.61 bits per heavy atom. The zero-order chi connectivity index (χ0) is 24.2. The van der Waals surface area contributed by atoms with Crippen LogP contribution in [-0.2, 0) is 17.6 Å². The molecule has 0 aromatic heterocycles. The Labute approximate surface area is 192 Å². The van der Waals surface area contributed by atoms with Gasteiger partial charge in [-0.25, -0.2) is 0 Å². The third kappa shape index (κ3) is 13.4. The molecular formula is C27H49NO3. The first kappa shape index (κ1) is 31.5. The van der Waals surface area contributed by atoms with Gasteiger partial charge in [0.05, 0.1) is 12.8 Å². The molecule has 1 aromatic rings. The maximum absolute atomic E-state index is 8.81. The van der Waals surface area contributed by atoms with Crippen LogP contribution in [0.1, 0.15) is 104 Å². The Bertz CT molecular complexity index is 596. The van der Waals surface area contributed by atoms with E-state index in [1.54, 1.807) is 0 Å². The molecule has 2 rings (SSSR count). The molecule has 0 radical (unpaired) electrons. The number of carbonyl (C=O) groups excluding carboxylic acids is 1. The van der Waals surface area contributed by atoms with Gasteiger partial charge in [-0.2, -0.15) is 0 Å². The lowest BCUT2D eigenvalue weighted by atomic mass is 9.88. The number of rotatable bonds is 4. The number of aryl methyl sites for hydroxylation is 2. The second kappa shape index (κ2) is 20.3. The van der Waals surface area contributed by atoms with E-state index in [4.69, 9.17) is 14.6 Å². The molecule has 4 nitrogen and oxygen atoms in total. The molecule has 0 bridgehead atoms. The molecule has 1 aliphatic heterocycles. The van der Waals surface area contributed by atoms with Crippen LogP contribution in [0, 0.1) is 5.92 Å². The minimum Gasteiger partial charge on any atom is -0.490 e. The Morgan fingerprint density at radius 1 is 1.10 bits per heavy atom. The summed E-state index contributed by atoms with van der Waals surface area (Å²) in [7, 11) is 0. The summed E-state index contributed by atoms with van der Waals surface area (Å²) in [6.07, 6.45) is 12.8. The second-order valence-electron chi connectivity index (χ2n) is 8.02. The molecule has 0 spiro atoms. The van der Waals surface area contributed by atoms with Gasteiger partial charge < -0.3 is 20.4 Å². The van der Waals surface area contributed by atoms with Crippen molar-refractivity contribution in [1.82, 2.24) is 0 Å². The molecule has 31 heavy (non-hydrogen) atoms. The average Bonchev–Trinajstić information content (AvgIpc) is 2.77. The average molecular weight is 436 g/mol. The van der Waals surface area contributed by atoms with Crippen molar-refractivity contribution in [2.24, 2.45) is 11.7 Å². The number of carbonyl (C=O) groups is 1. The summed E-state index contributed by atoms with van der Waals surface area (Å²) in [4.78, 5) is 8.81. The molecule has 180 valence electrons. The van der Waals surface area contributed by atoms with Crippen LogP contribution in [-0.4, -0.2) is 24.2 Å². The molecule has 3 N–H and O–H groups in total. The van der Waals surface area contributed by atoms with Gasteiger partial charge in [-0.3, -0.25) is 0 Å². The minimum absolute atomic E-state index is 0.250. The molecule has 1 heterocycles. The molecule has 4 heteroatoms. The molecule has 0 amide bonds. The van der Waals surface area contributed by atoms with E-state index in [-0.39, 0.29) is 12.8 Å². The van der Waals surface area contributed by atoms with Crippen LogP contribution in [0.4, 0.5) is 0 Å². The molecule has 0 fully saturated rings. The molecule has 0 aliphatic carbocycles.